The molecule has 0 unspecified atom stereocenters. The summed E-state index contributed by atoms with van der Waals surface area (Å²) in [5.74, 6) is -0.491. The van der Waals surface area contributed by atoms with Gasteiger partial charge in [-0.25, -0.2) is 14.2 Å². The summed E-state index contributed by atoms with van der Waals surface area (Å²) in [6.07, 6.45) is 1.34. The van der Waals surface area contributed by atoms with E-state index in [9.17, 15) is 9.18 Å². The van der Waals surface area contributed by atoms with Crippen LogP contribution in [0.3, 0.4) is 0 Å². The quantitative estimate of drug-likeness (QED) is 0.784. The highest BCUT2D eigenvalue weighted by Crippen LogP contribution is 2.25. The molecule has 5 nitrogen and oxygen atoms in total. The first-order valence-electron chi connectivity index (χ1n) is 6.15. The molecule has 1 aromatic carbocycles. The number of esters is 1. The molecule has 0 radical (unpaired) electrons. The van der Waals surface area contributed by atoms with Gasteiger partial charge in [0.2, 0.25) is 0 Å². The van der Waals surface area contributed by atoms with E-state index in [0.29, 0.717) is 11.4 Å². The predicted octanol–water partition coefficient (Wildman–Crippen LogP) is 3.66. The normalized spacial score (nSPS) is 10.3. The average Bonchev–Trinajstić information content (AvgIpc) is 2.43. The first-order chi connectivity index (χ1) is 10.0. The zero-order chi connectivity index (χ0) is 15.4. The molecule has 0 aliphatic carbocycles. The molecule has 1 heterocycles. The van der Waals surface area contributed by atoms with Gasteiger partial charge in [-0.1, -0.05) is 0 Å². The first-order valence-corrected chi connectivity index (χ1v) is 6.94. The molecule has 0 fully saturated rings. The number of aryl methyl sites for hydroxylation is 1. The zero-order valence-electron chi connectivity index (χ0n) is 11.4. The van der Waals surface area contributed by atoms with E-state index in [1.54, 1.807) is 13.8 Å². The van der Waals surface area contributed by atoms with Gasteiger partial charge in [-0.15, -0.1) is 0 Å². The Bertz CT molecular complexity index is 679. The summed E-state index contributed by atoms with van der Waals surface area (Å²) in [5, 5.41) is 0. The molecule has 0 aliphatic heterocycles. The second-order valence-corrected chi connectivity index (χ2v) is 4.90. The molecule has 110 valence electrons. The standard InChI is InChI=1S/C14H12BrFN2O3/c1-3-20-13(19)10-7-17-14(18-8(10)2)21-9-4-5-12(16)11(15)6-9/h4-7H,3H2,1-2H3. The van der Waals surface area contributed by atoms with Crippen molar-refractivity contribution in [1.29, 1.82) is 0 Å². The van der Waals surface area contributed by atoms with Gasteiger partial charge in [-0.05, 0) is 48.0 Å². The monoisotopic (exact) mass is 354 g/mol. The SMILES string of the molecule is CCOC(=O)c1cnc(Oc2ccc(F)c(Br)c2)nc1C. The van der Waals surface area contributed by atoms with Gasteiger partial charge in [-0.2, -0.15) is 4.98 Å². The fraction of sp³-hybridized carbons (Fsp3) is 0.214. The highest BCUT2D eigenvalue weighted by Gasteiger charge is 2.13. The third-order valence-corrected chi connectivity index (χ3v) is 3.16. The van der Waals surface area contributed by atoms with Crippen LogP contribution in [0.1, 0.15) is 23.0 Å². The number of hydrogen-bond donors (Lipinski definition) is 0. The zero-order valence-corrected chi connectivity index (χ0v) is 13.0. The van der Waals surface area contributed by atoms with Gasteiger partial charge in [0.25, 0.3) is 0 Å². The van der Waals surface area contributed by atoms with Crippen LogP contribution in [-0.4, -0.2) is 22.5 Å². The molecular weight excluding hydrogens is 343 g/mol. The van der Waals surface area contributed by atoms with Crippen molar-refractivity contribution in [1.82, 2.24) is 9.97 Å². The van der Waals surface area contributed by atoms with Gasteiger partial charge in [0.1, 0.15) is 11.6 Å². The van der Waals surface area contributed by atoms with Crippen LogP contribution < -0.4 is 4.74 Å². The van der Waals surface area contributed by atoms with Crippen molar-refractivity contribution in [2.75, 3.05) is 6.61 Å². The summed E-state index contributed by atoms with van der Waals surface area (Å²) in [7, 11) is 0. The van der Waals surface area contributed by atoms with E-state index in [1.807, 2.05) is 0 Å². The van der Waals surface area contributed by atoms with Gasteiger partial charge >= 0.3 is 12.0 Å². The number of carbonyl (C=O) groups is 1. The summed E-state index contributed by atoms with van der Waals surface area (Å²) in [6.45, 7) is 3.65. The van der Waals surface area contributed by atoms with Crippen LogP contribution in [0, 0.1) is 12.7 Å². The minimum absolute atomic E-state index is 0.0686. The summed E-state index contributed by atoms with van der Waals surface area (Å²) >= 11 is 3.06. The Kier molecular flexibility index (Phi) is 4.85. The second kappa shape index (κ2) is 6.62. The number of rotatable bonds is 4. The molecule has 2 rings (SSSR count). The van der Waals surface area contributed by atoms with Gasteiger partial charge < -0.3 is 9.47 Å². The van der Waals surface area contributed by atoms with E-state index in [-0.39, 0.29) is 22.7 Å². The van der Waals surface area contributed by atoms with E-state index in [4.69, 9.17) is 9.47 Å². The van der Waals surface area contributed by atoms with Crippen molar-refractivity contribution in [3.63, 3.8) is 0 Å². The Labute approximate surface area is 129 Å². The van der Waals surface area contributed by atoms with Crippen molar-refractivity contribution < 1.29 is 18.7 Å². The van der Waals surface area contributed by atoms with Crippen molar-refractivity contribution in [2.45, 2.75) is 13.8 Å². The van der Waals surface area contributed by atoms with Crippen LogP contribution in [0.2, 0.25) is 0 Å². The highest BCUT2D eigenvalue weighted by molar-refractivity contribution is 9.10. The van der Waals surface area contributed by atoms with Gasteiger partial charge in [0.15, 0.2) is 0 Å². The average molecular weight is 355 g/mol. The van der Waals surface area contributed by atoms with Gasteiger partial charge in [0, 0.05) is 6.20 Å². The molecule has 0 amide bonds. The minimum Gasteiger partial charge on any atom is -0.462 e. The van der Waals surface area contributed by atoms with Crippen LogP contribution in [0.5, 0.6) is 11.8 Å². The molecule has 7 heteroatoms. The van der Waals surface area contributed by atoms with E-state index >= 15 is 0 Å². The highest BCUT2D eigenvalue weighted by atomic mass is 79.9. The molecule has 0 saturated carbocycles. The number of ether oxygens (including phenoxy) is 2. The number of aromatic nitrogens is 2. The lowest BCUT2D eigenvalue weighted by Crippen LogP contribution is -2.09. The van der Waals surface area contributed by atoms with E-state index < -0.39 is 11.8 Å². The Balaban J connectivity index is 2.20. The minimum atomic E-state index is -0.480. The molecule has 0 spiro atoms. The fourth-order valence-electron chi connectivity index (χ4n) is 1.55. The maximum atomic E-state index is 13.1. The molecule has 0 atom stereocenters. The lowest BCUT2D eigenvalue weighted by Gasteiger charge is -2.07. The summed E-state index contributed by atoms with van der Waals surface area (Å²) in [5.41, 5.74) is 0.726. The van der Waals surface area contributed by atoms with Crippen LogP contribution in [0.4, 0.5) is 4.39 Å². The van der Waals surface area contributed by atoms with Crippen molar-refractivity contribution >= 4 is 21.9 Å². The Hall–Kier alpha value is -2.02. The maximum absolute atomic E-state index is 13.1. The Morgan fingerprint density at radius 2 is 2.19 bits per heavy atom. The smallest absolute Gasteiger partial charge is 0.341 e. The largest absolute Gasteiger partial charge is 0.462 e. The summed E-state index contributed by atoms with van der Waals surface area (Å²) < 4.78 is 23.7. The number of nitrogens with zero attached hydrogens (tertiary/aromatic N) is 2. The van der Waals surface area contributed by atoms with Crippen LogP contribution >= 0.6 is 15.9 Å². The van der Waals surface area contributed by atoms with E-state index in [0.717, 1.165) is 0 Å². The summed E-state index contributed by atoms with van der Waals surface area (Å²) in [6, 6.07) is 4.25. The van der Waals surface area contributed by atoms with Gasteiger partial charge in [-0.3, -0.25) is 0 Å². The second-order valence-electron chi connectivity index (χ2n) is 4.05. The summed E-state index contributed by atoms with van der Waals surface area (Å²) in [4.78, 5) is 19.7. The van der Waals surface area contributed by atoms with E-state index in [1.165, 1.54) is 24.4 Å². The first kappa shape index (κ1) is 15.4. The molecule has 0 bridgehead atoms. The number of halogens is 2. The molecule has 0 aliphatic rings. The third-order valence-electron chi connectivity index (χ3n) is 2.55. The van der Waals surface area contributed by atoms with Crippen molar-refractivity contribution in [2.24, 2.45) is 0 Å². The van der Waals surface area contributed by atoms with Crippen molar-refractivity contribution in [3.8, 4) is 11.8 Å². The van der Waals surface area contributed by atoms with E-state index in [2.05, 4.69) is 25.9 Å². The van der Waals surface area contributed by atoms with Crippen LogP contribution in [0.25, 0.3) is 0 Å². The Morgan fingerprint density at radius 1 is 1.43 bits per heavy atom. The Morgan fingerprint density at radius 3 is 2.81 bits per heavy atom. The third kappa shape index (κ3) is 3.75. The number of benzene rings is 1. The fourth-order valence-corrected chi connectivity index (χ4v) is 1.91. The van der Waals surface area contributed by atoms with Crippen molar-refractivity contribution in [3.05, 3.63) is 45.9 Å². The number of carbonyl (C=O) groups excluding carboxylic acids is 1. The lowest BCUT2D eigenvalue weighted by atomic mass is 10.2. The molecular formula is C14H12BrFN2O3. The van der Waals surface area contributed by atoms with Crippen LogP contribution in [0.15, 0.2) is 28.9 Å². The molecule has 2 aromatic rings. The molecule has 0 N–H and O–H groups in total. The molecule has 21 heavy (non-hydrogen) atoms. The van der Waals surface area contributed by atoms with Gasteiger partial charge in [0.05, 0.1) is 22.3 Å². The molecule has 1 aromatic heterocycles. The maximum Gasteiger partial charge on any atom is 0.341 e. The predicted molar refractivity (Wildman–Crippen MR) is 76.9 cm³/mol. The van der Waals surface area contributed by atoms with Crippen LogP contribution in [-0.2, 0) is 4.74 Å². The molecule has 0 saturated heterocycles. The lowest BCUT2D eigenvalue weighted by molar-refractivity contribution is 0.0524. The topological polar surface area (TPSA) is 61.3 Å². The number of hydrogen-bond acceptors (Lipinski definition) is 5.